The van der Waals surface area contributed by atoms with Gasteiger partial charge in [-0.2, -0.15) is 0 Å². The molecule has 1 fully saturated rings. The molecule has 174 valence electrons. The van der Waals surface area contributed by atoms with Gasteiger partial charge in [0, 0.05) is 31.5 Å². The Morgan fingerprint density at radius 2 is 1.78 bits per heavy atom. The second-order valence-electron chi connectivity index (χ2n) is 10.0. The topological polar surface area (TPSA) is 39.7 Å². The molecular formula is C28H39NO3. The van der Waals surface area contributed by atoms with Crippen LogP contribution in [0.15, 0.2) is 42.5 Å². The summed E-state index contributed by atoms with van der Waals surface area (Å²) >= 11 is 0. The lowest BCUT2D eigenvalue weighted by Gasteiger charge is -2.44. The van der Waals surface area contributed by atoms with Gasteiger partial charge in [-0.3, -0.25) is 0 Å². The fourth-order valence-electron chi connectivity index (χ4n) is 5.17. The molecule has 1 N–H and O–H groups in total. The van der Waals surface area contributed by atoms with E-state index in [9.17, 15) is 0 Å². The Bertz CT molecular complexity index is 871. The summed E-state index contributed by atoms with van der Waals surface area (Å²) in [7, 11) is 1.76. The quantitative estimate of drug-likeness (QED) is 0.492. The second kappa shape index (κ2) is 10.3. The number of rotatable bonds is 8. The summed E-state index contributed by atoms with van der Waals surface area (Å²) in [6.45, 7) is 7.84. The Morgan fingerprint density at radius 3 is 2.50 bits per heavy atom. The largest absolute Gasteiger partial charge is 0.485 e. The molecule has 0 aromatic heterocycles. The molecule has 1 aliphatic heterocycles. The summed E-state index contributed by atoms with van der Waals surface area (Å²) in [5.41, 5.74) is 4.24. The summed E-state index contributed by atoms with van der Waals surface area (Å²) < 4.78 is 18.8. The molecule has 0 saturated heterocycles. The zero-order chi connectivity index (χ0) is 22.6. The maximum atomic E-state index is 6.55. The first-order valence-electron chi connectivity index (χ1n) is 12.2. The van der Waals surface area contributed by atoms with Crippen molar-refractivity contribution in [2.75, 3.05) is 19.0 Å². The molecule has 2 unspecified atom stereocenters. The fourth-order valence-corrected chi connectivity index (χ4v) is 5.17. The Kier molecular flexibility index (Phi) is 7.42. The van der Waals surface area contributed by atoms with Crippen LogP contribution >= 0.6 is 0 Å². The van der Waals surface area contributed by atoms with Crippen LogP contribution < -0.4 is 10.1 Å². The number of hydrogen-bond acceptors (Lipinski definition) is 4. The number of fused-ring (bicyclic) bond motifs is 1. The van der Waals surface area contributed by atoms with Gasteiger partial charge in [-0.1, -0.05) is 61.9 Å². The van der Waals surface area contributed by atoms with Gasteiger partial charge in [-0.15, -0.1) is 0 Å². The lowest BCUT2D eigenvalue weighted by atomic mass is 9.86. The third-order valence-electron chi connectivity index (χ3n) is 7.07. The average Bonchev–Trinajstić information content (AvgIpc) is 2.79. The Labute approximate surface area is 193 Å². The molecule has 2 aromatic carbocycles. The minimum Gasteiger partial charge on any atom is -0.485 e. The minimum atomic E-state index is -0.450. The SMILES string of the molecule is COC1C(OCCC2CCCCC2)c2cc(NCc3ccc(C)cc3)ccc2OC1(C)C. The summed E-state index contributed by atoms with van der Waals surface area (Å²) in [4.78, 5) is 0. The minimum absolute atomic E-state index is 0.136. The molecule has 0 bridgehead atoms. The third-order valence-corrected chi connectivity index (χ3v) is 7.07. The number of hydrogen-bond donors (Lipinski definition) is 1. The lowest BCUT2D eigenvalue weighted by Crippen LogP contribution is -2.50. The van der Waals surface area contributed by atoms with Crippen molar-refractivity contribution in [1.82, 2.24) is 0 Å². The normalized spacial score (nSPS) is 22.8. The third kappa shape index (κ3) is 5.47. The van der Waals surface area contributed by atoms with Crippen molar-refractivity contribution in [3.05, 3.63) is 59.2 Å². The highest BCUT2D eigenvalue weighted by atomic mass is 16.6. The zero-order valence-electron chi connectivity index (χ0n) is 20.2. The molecule has 4 nitrogen and oxygen atoms in total. The first-order valence-corrected chi connectivity index (χ1v) is 12.2. The van der Waals surface area contributed by atoms with Crippen LogP contribution in [-0.2, 0) is 16.0 Å². The van der Waals surface area contributed by atoms with Crippen LogP contribution in [0.1, 0.15) is 75.2 Å². The second-order valence-corrected chi connectivity index (χ2v) is 10.0. The van der Waals surface area contributed by atoms with E-state index in [-0.39, 0.29) is 12.2 Å². The monoisotopic (exact) mass is 437 g/mol. The van der Waals surface area contributed by atoms with E-state index >= 15 is 0 Å². The number of ether oxygens (including phenoxy) is 3. The maximum absolute atomic E-state index is 6.55. The van der Waals surface area contributed by atoms with E-state index in [2.05, 4.69) is 68.6 Å². The van der Waals surface area contributed by atoms with E-state index < -0.39 is 5.60 Å². The van der Waals surface area contributed by atoms with Crippen molar-refractivity contribution >= 4 is 5.69 Å². The number of nitrogens with one attached hydrogen (secondary N) is 1. The van der Waals surface area contributed by atoms with Gasteiger partial charge in [0.2, 0.25) is 0 Å². The van der Waals surface area contributed by atoms with E-state index in [0.717, 1.165) is 42.5 Å². The van der Waals surface area contributed by atoms with Crippen LogP contribution in [0.2, 0.25) is 0 Å². The predicted molar refractivity (Wildman–Crippen MR) is 130 cm³/mol. The van der Waals surface area contributed by atoms with Crippen molar-refractivity contribution in [1.29, 1.82) is 0 Å². The molecule has 1 saturated carbocycles. The van der Waals surface area contributed by atoms with Crippen LogP contribution in [0.25, 0.3) is 0 Å². The molecule has 0 amide bonds. The molecule has 2 aliphatic rings. The predicted octanol–water partition coefficient (Wildman–Crippen LogP) is 6.82. The first kappa shape index (κ1) is 23.1. The number of methoxy groups -OCH3 is 1. The molecule has 0 spiro atoms. The standard InChI is InChI=1S/C28H39NO3/c1-20-10-12-22(13-11-20)19-29-23-14-15-25-24(18-23)26(27(30-4)28(2,3)32-25)31-17-16-21-8-6-5-7-9-21/h10-15,18,21,26-27,29H,5-9,16-17,19H2,1-4H3. The number of aryl methyl sites for hydroxylation is 1. The highest BCUT2D eigenvalue weighted by Crippen LogP contribution is 2.44. The van der Waals surface area contributed by atoms with Crippen molar-refractivity contribution in [3.8, 4) is 5.75 Å². The molecule has 1 aliphatic carbocycles. The van der Waals surface area contributed by atoms with Gasteiger partial charge in [0.05, 0.1) is 0 Å². The Balaban J connectivity index is 1.49. The van der Waals surface area contributed by atoms with Crippen LogP contribution in [-0.4, -0.2) is 25.4 Å². The molecular weight excluding hydrogens is 398 g/mol. The van der Waals surface area contributed by atoms with E-state index in [4.69, 9.17) is 14.2 Å². The summed E-state index contributed by atoms with van der Waals surface area (Å²) in [5.74, 6) is 1.70. The fraction of sp³-hybridized carbons (Fsp3) is 0.571. The van der Waals surface area contributed by atoms with Gasteiger partial charge < -0.3 is 19.5 Å². The average molecular weight is 438 g/mol. The van der Waals surface area contributed by atoms with Crippen LogP contribution in [0.4, 0.5) is 5.69 Å². The van der Waals surface area contributed by atoms with Gasteiger partial charge in [0.25, 0.3) is 0 Å². The molecule has 0 radical (unpaired) electrons. The number of anilines is 1. The van der Waals surface area contributed by atoms with Gasteiger partial charge in [0.1, 0.15) is 23.6 Å². The van der Waals surface area contributed by atoms with Crippen LogP contribution in [0.5, 0.6) is 5.75 Å². The Morgan fingerprint density at radius 1 is 1.03 bits per heavy atom. The molecule has 2 aromatic rings. The van der Waals surface area contributed by atoms with Gasteiger partial charge in [-0.25, -0.2) is 0 Å². The van der Waals surface area contributed by atoms with E-state index in [0.29, 0.717) is 0 Å². The van der Waals surface area contributed by atoms with Crippen LogP contribution in [0.3, 0.4) is 0 Å². The Hall–Kier alpha value is -2.04. The molecule has 32 heavy (non-hydrogen) atoms. The van der Waals surface area contributed by atoms with Crippen molar-refractivity contribution in [2.24, 2.45) is 5.92 Å². The highest BCUT2D eigenvalue weighted by molar-refractivity contribution is 5.54. The van der Waals surface area contributed by atoms with Gasteiger partial charge >= 0.3 is 0 Å². The van der Waals surface area contributed by atoms with Crippen molar-refractivity contribution < 1.29 is 14.2 Å². The van der Waals surface area contributed by atoms with Crippen molar-refractivity contribution in [3.63, 3.8) is 0 Å². The van der Waals surface area contributed by atoms with Gasteiger partial charge in [0.15, 0.2) is 0 Å². The molecule has 4 rings (SSSR count). The molecule has 1 heterocycles. The first-order chi connectivity index (χ1) is 15.5. The zero-order valence-corrected chi connectivity index (χ0v) is 20.2. The lowest BCUT2D eigenvalue weighted by molar-refractivity contribution is -0.151. The van der Waals surface area contributed by atoms with E-state index in [1.165, 1.54) is 43.2 Å². The van der Waals surface area contributed by atoms with E-state index in [1.807, 2.05) is 0 Å². The van der Waals surface area contributed by atoms with Gasteiger partial charge in [-0.05, 0) is 56.9 Å². The molecule has 4 heteroatoms. The summed E-state index contributed by atoms with van der Waals surface area (Å²) in [6.07, 6.45) is 7.66. The highest BCUT2D eigenvalue weighted by Gasteiger charge is 2.45. The van der Waals surface area contributed by atoms with E-state index in [1.54, 1.807) is 7.11 Å². The molecule has 2 atom stereocenters. The van der Waals surface area contributed by atoms with Crippen molar-refractivity contribution in [2.45, 2.75) is 83.6 Å². The van der Waals surface area contributed by atoms with Crippen LogP contribution in [0, 0.1) is 12.8 Å². The summed E-state index contributed by atoms with van der Waals surface area (Å²) in [5, 5.41) is 3.56. The summed E-state index contributed by atoms with van der Waals surface area (Å²) in [6, 6.07) is 15.0. The number of benzene rings is 2. The smallest absolute Gasteiger partial charge is 0.132 e. The maximum Gasteiger partial charge on any atom is 0.132 e.